The number of carbonyl (C=O) groups is 1. The highest BCUT2D eigenvalue weighted by molar-refractivity contribution is 7.99. The normalized spacial score (nSPS) is 11.8. The molecule has 1 atom stereocenters. The predicted octanol–water partition coefficient (Wildman–Crippen LogP) is 6.60. The van der Waals surface area contributed by atoms with Crippen molar-refractivity contribution in [2.24, 2.45) is 0 Å². The summed E-state index contributed by atoms with van der Waals surface area (Å²) in [6.45, 7) is 8.09. The molecule has 168 valence electrons. The summed E-state index contributed by atoms with van der Waals surface area (Å²) in [5, 5.41) is 13.4. The molecular weight excluding hydrogens is 491 g/mol. The largest absolute Gasteiger partial charge is 0.483 e. The van der Waals surface area contributed by atoms with Crippen molar-refractivity contribution in [2.75, 3.05) is 11.1 Å². The van der Waals surface area contributed by atoms with Gasteiger partial charge in [0, 0.05) is 17.3 Å². The van der Waals surface area contributed by atoms with Crippen LogP contribution in [-0.2, 0) is 11.3 Å². The van der Waals surface area contributed by atoms with Gasteiger partial charge in [-0.25, -0.2) is 0 Å². The van der Waals surface area contributed by atoms with Crippen LogP contribution in [0.1, 0.15) is 24.4 Å². The van der Waals surface area contributed by atoms with Crippen molar-refractivity contribution >= 4 is 58.2 Å². The lowest BCUT2D eigenvalue weighted by Gasteiger charge is -2.16. The van der Waals surface area contributed by atoms with Gasteiger partial charge in [-0.15, -0.1) is 16.8 Å². The second kappa shape index (κ2) is 11.1. The molecule has 1 N–H and O–H groups in total. The van der Waals surface area contributed by atoms with Gasteiger partial charge in [0.25, 0.3) is 0 Å². The van der Waals surface area contributed by atoms with Gasteiger partial charge in [0.05, 0.1) is 15.8 Å². The molecule has 2 aromatic carbocycles. The van der Waals surface area contributed by atoms with E-state index >= 15 is 0 Å². The molecule has 6 nitrogen and oxygen atoms in total. The number of ether oxygens (including phenoxy) is 1. The number of hydrogen-bond donors (Lipinski definition) is 1. The van der Waals surface area contributed by atoms with Gasteiger partial charge in [-0.05, 0) is 55.8 Å². The third kappa shape index (κ3) is 6.19. The van der Waals surface area contributed by atoms with Gasteiger partial charge >= 0.3 is 0 Å². The Morgan fingerprint density at radius 1 is 1.19 bits per heavy atom. The van der Waals surface area contributed by atoms with Crippen LogP contribution in [0.25, 0.3) is 0 Å². The van der Waals surface area contributed by atoms with E-state index in [-0.39, 0.29) is 17.8 Å². The van der Waals surface area contributed by atoms with Crippen LogP contribution in [0.2, 0.25) is 15.1 Å². The molecule has 0 aliphatic rings. The van der Waals surface area contributed by atoms with E-state index in [0.29, 0.717) is 44.0 Å². The molecule has 0 fully saturated rings. The van der Waals surface area contributed by atoms with E-state index in [4.69, 9.17) is 39.5 Å². The summed E-state index contributed by atoms with van der Waals surface area (Å²) < 4.78 is 7.91. The van der Waals surface area contributed by atoms with E-state index in [1.165, 1.54) is 11.8 Å². The van der Waals surface area contributed by atoms with E-state index in [2.05, 4.69) is 22.1 Å². The highest BCUT2D eigenvalue weighted by Gasteiger charge is 2.20. The summed E-state index contributed by atoms with van der Waals surface area (Å²) in [4.78, 5) is 12.4. The fourth-order valence-corrected chi connectivity index (χ4v) is 4.03. The molecule has 0 saturated heterocycles. The van der Waals surface area contributed by atoms with Crippen LogP contribution in [-0.4, -0.2) is 26.4 Å². The molecule has 1 unspecified atom stereocenters. The van der Waals surface area contributed by atoms with Gasteiger partial charge in [0.2, 0.25) is 5.91 Å². The van der Waals surface area contributed by atoms with Crippen molar-refractivity contribution in [3.8, 4) is 5.75 Å². The molecule has 1 heterocycles. The number of hydrogen-bond acceptors (Lipinski definition) is 5. The van der Waals surface area contributed by atoms with Crippen LogP contribution in [0.5, 0.6) is 5.75 Å². The number of aromatic nitrogens is 3. The van der Waals surface area contributed by atoms with Crippen molar-refractivity contribution in [1.29, 1.82) is 0 Å². The number of nitrogens with zero attached hydrogens (tertiary/aromatic N) is 3. The van der Waals surface area contributed by atoms with Gasteiger partial charge in [-0.1, -0.05) is 52.6 Å². The number of allylic oxidation sites excluding steroid dienone is 1. The molecule has 0 aliphatic heterocycles. The lowest BCUT2D eigenvalue weighted by Crippen LogP contribution is -2.15. The molecule has 0 radical (unpaired) electrons. The predicted molar refractivity (Wildman–Crippen MR) is 131 cm³/mol. The fourth-order valence-electron chi connectivity index (χ4n) is 2.86. The smallest absolute Gasteiger partial charge is 0.234 e. The molecule has 3 aromatic rings. The number of rotatable bonds is 9. The second-order valence-corrected chi connectivity index (χ2v) is 9.04. The maximum atomic E-state index is 12.4. The number of anilines is 1. The van der Waals surface area contributed by atoms with Gasteiger partial charge in [0.15, 0.2) is 17.1 Å². The van der Waals surface area contributed by atoms with Crippen LogP contribution in [0.4, 0.5) is 5.69 Å². The average molecular weight is 512 g/mol. The number of aryl methyl sites for hydroxylation is 1. The molecule has 3 rings (SSSR count). The maximum Gasteiger partial charge on any atom is 0.234 e. The van der Waals surface area contributed by atoms with Gasteiger partial charge in [-0.3, -0.25) is 9.36 Å². The molecule has 1 amide bonds. The average Bonchev–Trinajstić information content (AvgIpc) is 3.15. The number of benzene rings is 2. The second-order valence-electron chi connectivity index (χ2n) is 6.88. The minimum Gasteiger partial charge on any atom is -0.483 e. The number of carbonyl (C=O) groups excluding carboxylic acids is 1. The van der Waals surface area contributed by atoms with Crippen molar-refractivity contribution < 1.29 is 9.53 Å². The summed E-state index contributed by atoms with van der Waals surface area (Å²) in [6.07, 6.45) is 1.37. The number of thioether (sulfide) groups is 1. The zero-order chi connectivity index (χ0) is 23.3. The summed E-state index contributed by atoms with van der Waals surface area (Å²) in [5.74, 6) is 1.25. The summed E-state index contributed by atoms with van der Waals surface area (Å²) in [7, 11) is 0. The van der Waals surface area contributed by atoms with Crippen LogP contribution < -0.4 is 10.1 Å². The highest BCUT2D eigenvalue weighted by atomic mass is 35.5. The molecule has 1 aromatic heterocycles. The SMILES string of the molecule is C=CCn1c(SCC(=O)Nc2ccc(Cl)c(Cl)c2)nnc1C(C)Oc1ccc(Cl)c(C)c1. The molecule has 0 spiro atoms. The first-order valence-electron chi connectivity index (χ1n) is 9.63. The Morgan fingerprint density at radius 2 is 1.94 bits per heavy atom. The molecule has 32 heavy (non-hydrogen) atoms. The third-order valence-corrected chi connectivity index (χ3v) is 6.53. The Hall–Kier alpha value is -2.19. The highest BCUT2D eigenvalue weighted by Crippen LogP contribution is 2.28. The standard InChI is InChI=1S/C22H21Cl3N4O2S/c1-4-9-29-21(14(3)31-16-6-8-17(23)13(2)10-16)27-28-22(29)32-12-20(30)26-15-5-7-18(24)19(25)11-15/h4-8,10-11,14H,1,9,12H2,2-3H3,(H,26,30). The van der Waals surface area contributed by atoms with Gasteiger partial charge < -0.3 is 10.1 Å². The Labute approximate surface area is 205 Å². The van der Waals surface area contributed by atoms with Crippen LogP contribution in [0, 0.1) is 6.92 Å². The Bertz CT molecular complexity index is 1140. The Balaban J connectivity index is 1.67. The van der Waals surface area contributed by atoms with Gasteiger partial charge in [0.1, 0.15) is 5.75 Å². The van der Waals surface area contributed by atoms with E-state index in [1.807, 2.05) is 30.5 Å². The quantitative estimate of drug-likeness (QED) is 0.259. The van der Waals surface area contributed by atoms with E-state index < -0.39 is 0 Å². The summed E-state index contributed by atoms with van der Waals surface area (Å²) in [5.41, 5.74) is 1.49. The van der Waals surface area contributed by atoms with Crippen molar-refractivity contribution in [3.05, 3.63) is 75.5 Å². The molecule has 0 aliphatic carbocycles. The first-order chi connectivity index (χ1) is 15.3. The molecule has 10 heteroatoms. The van der Waals surface area contributed by atoms with E-state index in [1.54, 1.807) is 30.3 Å². The monoisotopic (exact) mass is 510 g/mol. The van der Waals surface area contributed by atoms with Crippen LogP contribution >= 0.6 is 46.6 Å². The fraction of sp³-hybridized carbons (Fsp3) is 0.227. The maximum absolute atomic E-state index is 12.4. The lowest BCUT2D eigenvalue weighted by molar-refractivity contribution is -0.113. The zero-order valence-electron chi connectivity index (χ0n) is 17.4. The Morgan fingerprint density at radius 3 is 2.62 bits per heavy atom. The first-order valence-corrected chi connectivity index (χ1v) is 11.7. The molecule has 0 saturated carbocycles. The van der Waals surface area contributed by atoms with Crippen molar-refractivity contribution in [2.45, 2.75) is 31.7 Å². The number of nitrogens with one attached hydrogen (secondary N) is 1. The van der Waals surface area contributed by atoms with Gasteiger partial charge in [-0.2, -0.15) is 0 Å². The summed E-state index contributed by atoms with van der Waals surface area (Å²) in [6, 6.07) is 10.4. The Kier molecular flexibility index (Phi) is 8.48. The molecule has 0 bridgehead atoms. The minimum absolute atomic E-state index is 0.140. The first kappa shape index (κ1) is 24.5. The lowest BCUT2D eigenvalue weighted by atomic mass is 10.2. The topological polar surface area (TPSA) is 69.0 Å². The van der Waals surface area contributed by atoms with E-state index in [9.17, 15) is 4.79 Å². The summed E-state index contributed by atoms with van der Waals surface area (Å²) >= 11 is 19.3. The van der Waals surface area contributed by atoms with Crippen molar-refractivity contribution in [3.63, 3.8) is 0 Å². The minimum atomic E-state index is -0.373. The number of halogens is 3. The van der Waals surface area contributed by atoms with Crippen molar-refractivity contribution in [1.82, 2.24) is 14.8 Å². The van der Waals surface area contributed by atoms with E-state index in [0.717, 1.165) is 5.56 Å². The van der Waals surface area contributed by atoms with Crippen LogP contribution in [0.15, 0.2) is 54.2 Å². The third-order valence-electron chi connectivity index (χ3n) is 4.40. The zero-order valence-corrected chi connectivity index (χ0v) is 20.5. The number of amides is 1. The molecular formula is C22H21Cl3N4O2S. The van der Waals surface area contributed by atoms with Crippen LogP contribution in [0.3, 0.4) is 0 Å².